The Morgan fingerprint density at radius 3 is 2.19 bits per heavy atom. The predicted octanol–water partition coefficient (Wildman–Crippen LogP) is 0.943. The molecule has 0 aliphatic carbocycles. The molecule has 0 radical (unpaired) electrons. The largest absolute Gasteiger partial charge is 0.327 e. The van der Waals surface area contributed by atoms with Crippen molar-refractivity contribution in [3.63, 3.8) is 0 Å². The van der Waals surface area contributed by atoms with Gasteiger partial charge >= 0.3 is 0 Å². The third-order valence-electron chi connectivity index (χ3n) is 6.30. The average Bonchev–Trinajstić information content (AvgIpc) is 2.97. The van der Waals surface area contributed by atoms with Crippen LogP contribution in [-0.4, -0.2) is 70.0 Å². The Bertz CT molecular complexity index is 1040. The van der Waals surface area contributed by atoms with E-state index in [-0.39, 0.29) is 42.3 Å². The summed E-state index contributed by atoms with van der Waals surface area (Å²) in [5.41, 5.74) is 6.26. The molecule has 1 unspecified atom stereocenters. The molecule has 8 nitrogen and oxygen atoms in total. The Balaban J connectivity index is 1.63. The summed E-state index contributed by atoms with van der Waals surface area (Å²) in [7, 11) is -4.73. The van der Waals surface area contributed by atoms with E-state index >= 15 is 0 Å². The lowest BCUT2D eigenvalue weighted by Gasteiger charge is -2.40. The molecule has 2 heterocycles. The zero-order chi connectivity index (χ0) is 23.8. The molecule has 32 heavy (non-hydrogen) atoms. The van der Waals surface area contributed by atoms with E-state index in [4.69, 9.17) is 5.73 Å². The summed E-state index contributed by atoms with van der Waals surface area (Å²) >= 11 is 0. The first-order valence-electron chi connectivity index (χ1n) is 10.4. The first kappa shape index (κ1) is 25.4. The summed E-state index contributed by atoms with van der Waals surface area (Å²) in [5.74, 6) is -3.71. The maximum atomic E-state index is 14.0. The Hall–Kier alpha value is -1.25. The molecular weight excluding hydrogens is 469 g/mol. The van der Waals surface area contributed by atoms with Crippen molar-refractivity contribution in [1.29, 1.82) is 0 Å². The van der Waals surface area contributed by atoms with E-state index in [1.54, 1.807) is 0 Å². The number of fused-ring (bicyclic) bond motifs is 2. The molecule has 1 aromatic rings. The van der Waals surface area contributed by atoms with Crippen molar-refractivity contribution in [1.82, 2.24) is 13.3 Å². The van der Waals surface area contributed by atoms with Crippen LogP contribution in [0.3, 0.4) is 0 Å². The minimum atomic E-state index is -3.72. The van der Waals surface area contributed by atoms with Gasteiger partial charge < -0.3 is 5.73 Å². The highest BCUT2D eigenvalue weighted by Gasteiger charge is 2.47. The molecule has 3 rings (SSSR count). The third kappa shape index (κ3) is 5.45. The molecule has 2 aliphatic rings. The van der Waals surface area contributed by atoms with Crippen molar-refractivity contribution in [3.8, 4) is 0 Å². The van der Waals surface area contributed by atoms with Crippen LogP contribution in [-0.2, 0) is 26.7 Å². The summed E-state index contributed by atoms with van der Waals surface area (Å²) < 4.78 is 94.7. The van der Waals surface area contributed by atoms with Gasteiger partial charge in [-0.3, -0.25) is 0 Å². The Morgan fingerprint density at radius 2 is 1.62 bits per heavy atom. The van der Waals surface area contributed by atoms with E-state index in [1.807, 2.05) is 0 Å². The molecule has 0 amide bonds. The highest BCUT2D eigenvalue weighted by Crippen LogP contribution is 2.42. The maximum Gasteiger partial charge on any atom is 0.278 e. The highest BCUT2D eigenvalue weighted by molar-refractivity contribution is 7.89. The number of nitrogens with zero attached hydrogens (tertiary/aromatic N) is 2. The number of nitrogens with one attached hydrogen (secondary N) is 1. The number of halogens is 3. The van der Waals surface area contributed by atoms with Crippen LogP contribution in [0.5, 0.6) is 0 Å². The molecule has 0 spiro atoms. The number of benzene rings is 1. The molecule has 13 heteroatoms. The molecule has 3 N–H and O–H groups in total. The summed E-state index contributed by atoms with van der Waals surface area (Å²) in [5, 5.41) is 0. The zero-order valence-corrected chi connectivity index (χ0v) is 19.6. The minimum absolute atomic E-state index is 0.00743. The summed E-state index contributed by atoms with van der Waals surface area (Å²) in [4.78, 5) is 0. The fourth-order valence-electron chi connectivity index (χ4n) is 4.65. The molecule has 3 atom stereocenters. The van der Waals surface area contributed by atoms with Crippen LogP contribution < -0.4 is 10.5 Å². The fraction of sp³-hybridized carbons (Fsp3) is 0.684. The van der Waals surface area contributed by atoms with Crippen LogP contribution in [0.1, 0.15) is 31.2 Å². The summed E-state index contributed by atoms with van der Waals surface area (Å²) in [6.07, 6.45) is 2.30. The number of piperidine rings is 1. The van der Waals surface area contributed by atoms with E-state index in [2.05, 4.69) is 4.72 Å². The fourth-order valence-corrected chi connectivity index (χ4v) is 7.26. The van der Waals surface area contributed by atoms with Gasteiger partial charge in [0, 0.05) is 44.8 Å². The smallest absolute Gasteiger partial charge is 0.278 e. The van der Waals surface area contributed by atoms with Gasteiger partial charge in [-0.25, -0.2) is 26.3 Å². The van der Waals surface area contributed by atoms with Gasteiger partial charge in [-0.2, -0.15) is 17.0 Å². The van der Waals surface area contributed by atoms with Gasteiger partial charge in [0.05, 0.1) is 5.75 Å². The van der Waals surface area contributed by atoms with Gasteiger partial charge in [0.2, 0.25) is 10.0 Å². The topological polar surface area (TPSA) is 113 Å². The molecule has 2 aliphatic heterocycles. The van der Waals surface area contributed by atoms with Crippen LogP contribution in [0.2, 0.25) is 0 Å². The molecule has 2 saturated heterocycles. The quantitative estimate of drug-likeness (QED) is 0.492. The number of sulfonamides is 1. The van der Waals surface area contributed by atoms with Crippen molar-refractivity contribution < 1.29 is 30.0 Å². The standard InChI is InChI=1S/C19H29F3N4O4S2/c1-25(2)32(29,30)24-5-6-31(27,28)26-14-3-4-15(26)8-13(7-14)19(23)10-12-9-17(21)18(22)11-16(12)20/h9,11,13-15,19,24H,3-8,10,23H2,1-2H3/t14-,15-,19?/m1/s1. The van der Waals surface area contributed by atoms with Gasteiger partial charge in [0.1, 0.15) is 5.82 Å². The normalized spacial score (nSPS) is 25.4. The minimum Gasteiger partial charge on any atom is -0.327 e. The van der Waals surface area contributed by atoms with E-state index in [9.17, 15) is 30.0 Å². The van der Waals surface area contributed by atoms with Crippen molar-refractivity contribution in [2.24, 2.45) is 11.7 Å². The Labute approximate surface area is 187 Å². The van der Waals surface area contributed by atoms with Gasteiger partial charge in [0.25, 0.3) is 10.2 Å². The van der Waals surface area contributed by atoms with Crippen molar-refractivity contribution in [2.45, 2.75) is 50.2 Å². The SMILES string of the molecule is CN(C)S(=O)(=O)NCCS(=O)(=O)N1[C@@H]2CC[C@@H]1CC(C(N)Cc1cc(F)c(F)cc1F)C2. The lowest BCUT2D eigenvalue weighted by molar-refractivity contribution is 0.170. The van der Waals surface area contributed by atoms with Gasteiger partial charge in [-0.05, 0) is 49.7 Å². The maximum absolute atomic E-state index is 14.0. The molecule has 0 aromatic heterocycles. The first-order valence-corrected chi connectivity index (χ1v) is 13.4. The molecular formula is C19H29F3N4O4S2. The molecule has 182 valence electrons. The summed E-state index contributed by atoms with van der Waals surface area (Å²) in [6.45, 7) is -0.239. The molecule has 2 bridgehead atoms. The highest BCUT2D eigenvalue weighted by atomic mass is 32.2. The molecule has 1 aromatic carbocycles. The van der Waals surface area contributed by atoms with E-state index < -0.39 is 43.7 Å². The van der Waals surface area contributed by atoms with Gasteiger partial charge in [-0.1, -0.05) is 0 Å². The first-order chi connectivity index (χ1) is 14.8. The third-order valence-corrected chi connectivity index (χ3v) is 9.79. The monoisotopic (exact) mass is 498 g/mol. The number of nitrogens with two attached hydrogens (primary N) is 1. The Morgan fingerprint density at radius 1 is 1.06 bits per heavy atom. The lowest BCUT2D eigenvalue weighted by Crippen LogP contribution is -2.51. The average molecular weight is 499 g/mol. The number of rotatable bonds is 9. The molecule has 2 fully saturated rings. The number of hydrogen-bond acceptors (Lipinski definition) is 5. The van der Waals surface area contributed by atoms with Crippen LogP contribution in [0.25, 0.3) is 0 Å². The van der Waals surface area contributed by atoms with E-state index in [1.165, 1.54) is 18.4 Å². The van der Waals surface area contributed by atoms with Crippen LogP contribution in [0, 0.1) is 23.4 Å². The van der Waals surface area contributed by atoms with Gasteiger partial charge in [0.15, 0.2) is 11.6 Å². The summed E-state index contributed by atoms with van der Waals surface area (Å²) in [6, 6.07) is 0.244. The van der Waals surface area contributed by atoms with Crippen molar-refractivity contribution in [2.75, 3.05) is 26.4 Å². The second kappa shape index (κ2) is 9.55. The van der Waals surface area contributed by atoms with E-state index in [0.717, 1.165) is 10.4 Å². The number of hydrogen-bond donors (Lipinski definition) is 2. The van der Waals surface area contributed by atoms with Crippen molar-refractivity contribution >= 4 is 20.2 Å². The van der Waals surface area contributed by atoms with Gasteiger partial charge in [-0.15, -0.1) is 0 Å². The molecule has 0 saturated carbocycles. The lowest BCUT2D eigenvalue weighted by atomic mass is 9.83. The predicted molar refractivity (Wildman–Crippen MR) is 114 cm³/mol. The zero-order valence-electron chi connectivity index (χ0n) is 18.0. The van der Waals surface area contributed by atoms with Crippen molar-refractivity contribution in [3.05, 3.63) is 35.1 Å². The van der Waals surface area contributed by atoms with Crippen LogP contribution >= 0.6 is 0 Å². The second-order valence-corrected chi connectivity index (χ2v) is 12.6. The second-order valence-electron chi connectivity index (χ2n) is 8.67. The van der Waals surface area contributed by atoms with Crippen LogP contribution in [0.15, 0.2) is 12.1 Å². The Kier molecular flexibility index (Phi) is 7.57. The van der Waals surface area contributed by atoms with Crippen LogP contribution in [0.4, 0.5) is 13.2 Å². The van der Waals surface area contributed by atoms with E-state index in [0.29, 0.717) is 31.7 Å².